The zero-order valence-electron chi connectivity index (χ0n) is 8.98. The van der Waals surface area contributed by atoms with E-state index in [0.717, 1.165) is 6.42 Å². The van der Waals surface area contributed by atoms with Gasteiger partial charge in [-0.25, -0.2) is 0 Å². The summed E-state index contributed by atoms with van der Waals surface area (Å²) in [6.45, 7) is 3.60. The predicted octanol–water partition coefficient (Wildman–Crippen LogP) is 2.20. The number of nitrogens with zero attached hydrogens (tertiary/aromatic N) is 1. The minimum atomic E-state index is 0.335. The van der Waals surface area contributed by atoms with Crippen molar-refractivity contribution in [2.24, 2.45) is 4.99 Å². The van der Waals surface area contributed by atoms with Crippen molar-refractivity contribution in [1.82, 2.24) is 0 Å². The molecule has 0 N–H and O–H groups in total. The molecule has 0 spiro atoms. The SMILES string of the molecule is CC/C=C/COCOC/C=C/C=NC. The molecule has 0 rings (SSSR count). The molecule has 0 saturated carbocycles. The van der Waals surface area contributed by atoms with Crippen molar-refractivity contribution >= 4 is 6.21 Å². The molecule has 0 bridgehead atoms. The van der Waals surface area contributed by atoms with Crippen LogP contribution in [0.3, 0.4) is 0 Å². The van der Waals surface area contributed by atoms with Crippen molar-refractivity contribution < 1.29 is 9.47 Å². The number of aliphatic imine (C=N–C) groups is 1. The van der Waals surface area contributed by atoms with E-state index in [1.165, 1.54) is 0 Å². The van der Waals surface area contributed by atoms with E-state index in [1.54, 1.807) is 13.3 Å². The van der Waals surface area contributed by atoms with Crippen molar-refractivity contribution in [3.05, 3.63) is 24.3 Å². The molecule has 0 heterocycles. The molecule has 0 aliphatic rings. The normalized spacial score (nSPS) is 12.4. The van der Waals surface area contributed by atoms with Crippen LogP contribution in [0.2, 0.25) is 0 Å². The van der Waals surface area contributed by atoms with Crippen LogP contribution >= 0.6 is 0 Å². The average Bonchev–Trinajstić information content (AvgIpc) is 2.21. The summed E-state index contributed by atoms with van der Waals surface area (Å²) >= 11 is 0. The molecule has 0 saturated heterocycles. The molecule has 0 aromatic heterocycles. The molecule has 0 fully saturated rings. The quantitative estimate of drug-likeness (QED) is 0.258. The molecule has 80 valence electrons. The highest BCUT2D eigenvalue weighted by Gasteiger charge is 1.82. The van der Waals surface area contributed by atoms with Crippen LogP contribution in [0, 0.1) is 0 Å². The molecule has 14 heavy (non-hydrogen) atoms. The van der Waals surface area contributed by atoms with E-state index in [0.29, 0.717) is 20.0 Å². The Labute approximate surface area is 86.1 Å². The molecule has 3 heteroatoms. The second-order valence-corrected chi connectivity index (χ2v) is 2.57. The number of allylic oxidation sites excluding steroid dienone is 2. The number of ether oxygens (including phenoxy) is 2. The van der Waals surface area contributed by atoms with Gasteiger partial charge in [-0.05, 0) is 12.5 Å². The first-order chi connectivity index (χ1) is 6.91. The van der Waals surface area contributed by atoms with E-state index in [4.69, 9.17) is 9.47 Å². The summed E-state index contributed by atoms with van der Waals surface area (Å²) < 4.78 is 10.3. The number of hydrogen-bond acceptors (Lipinski definition) is 3. The lowest BCUT2D eigenvalue weighted by Crippen LogP contribution is -1.99. The van der Waals surface area contributed by atoms with Crippen molar-refractivity contribution in [3.8, 4) is 0 Å². The van der Waals surface area contributed by atoms with E-state index in [9.17, 15) is 0 Å². The smallest absolute Gasteiger partial charge is 0.147 e. The van der Waals surface area contributed by atoms with Crippen LogP contribution in [0.5, 0.6) is 0 Å². The summed E-state index contributed by atoms with van der Waals surface area (Å²) in [4.78, 5) is 3.80. The molecule has 0 unspecified atom stereocenters. The third kappa shape index (κ3) is 11.1. The van der Waals surface area contributed by atoms with Crippen LogP contribution in [0.15, 0.2) is 29.3 Å². The lowest BCUT2D eigenvalue weighted by Gasteiger charge is -1.99. The topological polar surface area (TPSA) is 30.8 Å². The highest BCUT2D eigenvalue weighted by molar-refractivity contribution is 5.70. The molecule has 0 amide bonds. The van der Waals surface area contributed by atoms with Gasteiger partial charge in [-0.15, -0.1) is 0 Å². The van der Waals surface area contributed by atoms with Crippen LogP contribution in [-0.4, -0.2) is 33.3 Å². The van der Waals surface area contributed by atoms with Crippen molar-refractivity contribution in [3.63, 3.8) is 0 Å². The molecule has 0 aliphatic heterocycles. The van der Waals surface area contributed by atoms with Gasteiger partial charge in [0.2, 0.25) is 0 Å². The Morgan fingerprint density at radius 3 is 2.43 bits per heavy atom. The summed E-state index contributed by atoms with van der Waals surface area (Å²) in [5, 5.41) is 0. The van der Waals surface area contributed by atoms with Gasteiger partial charge in [-0.3, -0.25) is 4.99 Å². The Morgan fingerprint density at radius 1 is 1.07 bits per heavy atom. The molecule has 0 radical (unpaired) electrons. The highest BCUT2D eigenvalue weighted by Crippen LogP contribution is 1.83. The monoisotopic (exact) mass is 197 g/mol. The number of rotatable bonds is 8. The van der Waals surface area contributed by atoms with Crippen molar-refractivity contribution in [2.45, 2.75) is 13.3 Å². The van der Waals surface area contributed by atoms with Gasteiger partial charge < -0.3 is 9.47 Å². The maximum absolute atomic E-state index is 5.17. The zero-order chi connectivity index (χ0) is 10.5. The molecular formula is C11H19NO2. The van der Waals surface area contributed by atoms with Gasteiger partial charge in [0.25, 0.3) is 0 Å². The van der Waals surface area contributed by atoms with Crippen LogP contribution in [0.4, 0.5) is 0 Å². The highest BCUT2D eigenvalue weighted by atomic mass is 16.7. The minimum absolute atomic E-state index is 0.335. The summed E-state index contributed by atoms with van der Waals surface area (Å²) in [5.74, 6) is 0. The standard InChI is InChI=1S/C11H19NO2/c1-3-4-6-9-13-11-14-10-7-5-8-12-2/h4-8H,3,9-11H2,1-2H3/b6-4+,7-5+,12-8?. The lowest BCUT2D eigenvalue weighted by molar-refractivity contribution is -0.0331. The first kappa shape index (κ1) is 13.1. The van der Waals surface area contributed by atoms with E-state index in [1.807, 2.05) is 18.2 Å². The predicted molar refractivity (Wildman–Crippen MR) is 59.8 cm³/mol. The second kappa shape index (κ2) is 12.1. The fourth-order valence-electron chi connectivity index (χ4n) is 0.728. The van der Waals surface area contributed by atoms with E-state index in [2.05, 4.69) is 18.0 Å². The summed E-state index contributed by atoms with van der Waals surface area (Å²) in [5.41, 5.74) is 0. The summed E-state index contributed by atoms with van der Waals surface area (Å²) in [6, 6.07) is 0. The van der Waals surface area contributed by atoms with Crippen LogP contribution in [-0.2, 0) is 9.47 Å². The third-order valence-electron chi connectivity index (χ3n) is 1.37. The molecule has 0 aromatic carbocycles. The molecular weight excluding hydrogens is 178 g/mol. The van der Waals surface area contributed by atoms with Crippen LogP contribution in [0.25, 0.3) is 0 Å². The molecule has 0 aliphatic carbocycles. The van der Waals surface area contributed by atoms with E-state index < -0.39 is 0 Å². The Morgan fingerprint density at radius 2 is 1.79 bits per heavy atom. The van der Waals surface area contributed by atoms with E-state index >= 15 is 0 Å². The molecule has 0 aromatic rings. The van der Waals surface area contributed by atoms with Gasteiger partial charge in [0, 0.05) is 13.3 Å². The van der Waals surface area contributed by atoms with Crippen LogP contribution in [0.1, 0.15) is 13.3 Å². The zero-order valence-corrected chi connectivity index (χ0v) is 8.98. The maximum Gasteiger partial charge on any atom is 0.147 e. The summed E-state index contributed by atoms with van der Waals surface area (Å²) in [6.07, 6.45) is 10.5. The Hall–Kier alpha value is -0.930. The van der Waals surface area contributed by atoms with Gasteiger partial charge in [-0.2, -0.15) is 0 Å². The first-order valence-corrected chi connectivity index (χ1v) is 4.79. The maximum atomic E-state index is 5.17. The Bertz CT molecular complexity index is 186. The Kier molecular flexibility index (Phi) is 11.3. The Balaban J connectivity index is 3.10. The fourth-order valence-corrected chi connectivity index (χ4v) is 0.728. The first-order valence-electron chi connectivity index (χ1n) is 4.79. The van der Waals surface area contributed by atoms with Gasteiger partial charge in [-0.1, -0.05) is 25.2 Å². The van der Waals surface area contributed by atoms with E-state index in [-0.39, 0.29) is 0 Å². The molecule has 0 atom stereocenters. The van der Waals surface area contributed by atoms with Gasteiger partial charge in [0.15, 0.2) is 0 Å². The average molecular weight is 197 g/mol. The minimum Gasteiger partial charge on any atom is -0.351 e. The lowest BCUT2D eigenvalue weighted by atomic mass is 10.4. The van der Waals surface area contributed by atoms with Gasteiger partial charge in [0.05, 0.1) is 13.2 Å². The van der Waals surface area contributed by atoms with Gasteiger partial charge in [0.1, 0.15) is 6.79 Å². The summed E-state index contributed by atoms with van der Waals surface area (Å²) in [7, 11) is 1.73. The van der Waals surface area contributed by atoms with Crippen LogP contribution < -0.4 is 0 Å². The van der Waals surface area contributed by atoms with Crippen molar-refractivity contribution in [2.75, 3.05) is 27.1 Å². The third-order valence-corrected chi connectivity index (χ3v) is 1.37. The largest absolute Gasteiger partial charge is 0.351 e. The number of hydrogen-bond donors (Lipinski definition) is 0. The fraction of sp³-hybridized carbons (Fsp3) is 0.545. The molecule has 3 nitrogen and oxygen atoms in total. The van der Waals surface area contributed by atoms with Gasteiger partial charge >= 0.3 is 0 Å². The second-order valence-electron chi connectivity index (χ2n) is 2.57. The van der Waals surface area contributed by atoms with Crippen molar-refractivity contribution in [1.29, 1.82) is 0 Å².